The summed E-state index contributed by atoms with van der Waals surface area (Å²) in [6, 6.07) is 16.3. The zero-order valence-electron chi connectivity index (χ0n) is 13.7. The van der Waals surface area contributed by atoms with E-state index < -0.39 is 0 Å². The van der Waals surface area contributed by atoms with Crippen LogP contribution >= 0.6 is 0 Å². The second-order valence-corrected chi connectivity index (χ2v) is 6.31. The summed E-state index contributed by atoms with van der Waals surface area (Å²) in [5.74, 6) is 0.721. The van der Waals surface area contributed by atoms with E-state index in [-0.39, 0.29) is 11.4 Å². The summed E-state index contributed by atoms with van der Waals surface area (Å²) >= 11 is 0. The van der Waals surface area contributed by atoms with Crippen LogP contribution in [0.25, 0.3) is 0 Å². The minimum absolute atomic E-state index is 0.128. The van der Waals surface area contributed by atoms with Gasteiger partial charge in [-0.25, -0.2) is 0 Å². The highest BCUT2D eigenvalue weighted by Crippen LogP contribution is 2.45. The first-order valence-electron chi connectivity index (χ1n) is 8.06. The van der Waals surface area contributed by atoms with E-state index in [1.165, 1.54) is 11.1 Å². The quantitative estimate of drug-likeness (QED) is 0.756. The first-order valence-corrected chi connectivity index (χ1v) is 8.06. The third kappa shape index (κ3) is 3.39. The molecule has 3 nitrogen and oxygen atoms in total. The molecular formula is C20H22O3. The number of fused-ring (bicyclic) bond motifs is 1. The van der Waals surface area contributed by atoms with Crippen LogP contribution in [-0.4, -0.2) is 12.6 Å². The van der Waals surface area contributed by atoms with Crippen molar-refractivity contribution in [1.82, 2.24) is 0 Å². The van der Waals surface area contributed by atoms with Gasteiger partial charge in [0.15, 0.2) is 0 Å². The maximum atomic E-state index is 11.8. The zero-order chi connectivity index (χ0) is 16.3. The molecule has 2 aromatic rings. The van der Waals surface area contributed by atoms with Gasteiger partial charge < -0.3 is 9.47 Å². The summed E-state index contributed by atoms with van der Waals surface area (Å²) in [7, 11) is 0. The molecule has 3 rings (SSSR count). The summed E-state index contributed by atoms with van der Waals surface area (Å²) in [4.78, 5) is 11.8. The predicted molar refractivity (Wildman–Crippen MR) is 89.5 cm³/mol. The first kappa shape index (κ1) is 15.6. The summed E-state index contributed by atoms with van der Waals surface area (Å²) < 4.78 is 11.0. The second kappa shape index (κ2) is 6.45. The fraction of sp³-hybridized carbons (Fsp3) is 0.350. The Kier molecular flexibility index (Phi) is 4.37. The fourth-order valence-electron chi connectivity index (χ4n) is 3.20. The molecule has 23 heavy (non-hydrogen) atoms. The molecule has 0 aliphatic heterocycles. The summed E-state index contributed by atoms with van der Waals surface area (Å²) in [5, 5.41) is 0. The smallest absolute Gasteiger partial charge is 0.306 e. The SMILES string of the molecule is CCOC(=O)CC1(C)Cc2ccc(OCc3ccccc3)cc21. The average Bonchev–Trinajstić information content (AvgIpc) is 2.54. The average molecular weight is 310 g/mol. The van der Waals surface area contributed by atoms with E-state index in [4.69, 9.17) is 9.47 Å². The van der Waals surface area contributed by atoms with Gasteiger partial charge in [-0.05, 0) is 42.2 Å². The van der Waals surface area contributed by atoms with E-state index in [1.807, 2.05) is 43.3 Å². The Labute approximate surface area is 137 Å². The number of hydrogen-bond acceptors (Lipinski definition) is 3. The van der Waals surface area contributed by atoms with E-state index in [1.54, 1.807) is 0 Å². The van der Waals surface area contributed by atoms with Gasteiger partial charge >= 0.3 is 5.97 Å². The Morgan fingerprint density at radius 1 is 1.17 bits per heavy atom. The minimum atomic E-state index is -0.131. The van der Waals surface area contributed by atoms with Crippen LogP contribution in [-0.2, 0) is 28.0 Å². The van der Waals surface area contributed by atoms with E-state index >= 15 is 0 Å². The van der Waals surface area contributed by atoms with E-state index in [2.05, 4.69) is 19.1 Å². The summed E-state index contributed by atoms with van der Waals surface area (Å²) in [6.45, 7) is 4.94. The molecular weight excluding hydrogens is 288 g/mol. The van der Waals surface area contributed by atoms with Gasteiger partial charge in [-0.2, -0.15) is 0 Å². The third-order valence-corrected chi connectivity index (χ3v) is 4.40. The topological polar surface area (TPSA) is 35.5 Å². The number of hydrogen-bond donors (Lipinski definition) is 0. The van der Waals surface area contributed by atoms with Crippen LogP contribution in [0.5, 0.6) is 5.75 Å². The fourth-order valence-corrected chi connectivity index (χ4v) is 3.20. The molecule has 0 spiro atoms. The van der Waals surface area contributed by atoms with Crippen molar-refractivity contribution in [2.24, 2.45) is 0 Å². The van der Waals surface area contributed by atoms with Gasteiger partial charge in [-0.3, -0.25) is 4.79 Å². The normalized spacial score (nSPS) is 18.7. The monoisotopic (exact) mass is 310 g/mol. The number of carbonyl (C=O) groups excluding carboxylic acids is 1. The van der Waals surface area contributed by atoms with E-state index in [9.17, 15) is 4.79 Å². The molecule has 1 atom stereocenters. The van der Waals surface area contributed by atoms with Gasteiger partial charge in [0.25, 0.3) is 0 Å². The molecule has 1 aliphatic rings. The molecule has 0 amide bonds. The molecule has 120 valence electrons. The molecule has 0 bridgehead atoms. The zero-order valence-corrected chi connectivity index (χ0v) is 13.7. The first-order chi connectivity index (χ1) is 11.1. The highest BCUT2D eigenvalue weighted by atomic mass is 16.5. The van der Waals surface area contributed by atoms with Crippen LogP contribution in [0.4, 0.5) is 0 Å². The van der Waals surface area contributed by atoms with Crippen LogP contribution in [0.1, 0.15) is 37.0 Å². The Balaban J connectivity index is 1.68. The van der Waals surface area contributed by atoms with Gasteiger partial charge in [-0.1, -0.05) is 43.3 Å². The summed E-state index contributed by atoms with van der Waals surface area (Å²) in [6.07, 6.45) is 1.34. The largest absolute Gasteiger partial charge is 0.489 e. The van der Waals surface area contributed by atoms with Gasteiger partial charge in [0.05, 0.1) is 13.0 Å². The highest BCUT2D eigenvalue weighted by molar-refractivity contribution is 5.73. The van der Waals surface area contributed by atoms with Gasteiger partial charge in [0, 0.05) is 5.41 Å². The molecule has 0 saturated carbocycles. The van der Waals surface area contributed by atoms with Crippen molar-refractivity contribution in [2.45, 2.75) is 38.7 Å². The lowest BCUT2D eigenvalue weighted by Gasteiger charge is -2.40. The van der Waals surface area contributed by atoms with Gasteiger partial charge in [0.2, 0.25) is 0 Å². The van der Waals surface area contributed by atoms with Crippen LogP contribution in [0.2, 0.25) is 0 Å². The molecule has 1 aliphatic carbocycles. The highest BCUT2D eigenvalue weighted by Gasteiger charge is 2.40. The second-order valence-electron chi connectivity index (χ2n) is 6.31. The number of ether oxygens (including phenoxy) is 2. The Bertz CT molecular complexity index is 693. The van der Waals surface area contributed by atoms with E-state index in [0.717, 1.165) is 17.7 Å². The van der Waals surface area contributed by atoms with Crippen LogP contribution < -0.4 is 4.74 Å². The number of carbonyl (C=O) groups is 1. The lowest BCUT2D eigenvalue weighted by Crippen LogP contribution is -2.38. The van der Waals surface area contributed by atoms with Crippen molar-refractivity contribution < 1.29 is 14.3 Å². The van der Waals surface area contributed by atoms with Crippen molar-refractivity contribution in [1.29, 1.82) is 0 Å². The van der Waals surface area contributed by atoms with Crippen LogP contribution in [0.15, 0.2) is 48.5 Å². The van der Waals surface area contributed by atoms with Crippen LogP contribution in [0.3, 0.4) is 0 Å². The van der Waals surface area contributed by atoms with E-state index in [0.29, 0.717) is 19.6 Å². The molecule has 0 fully saturated rings. The van der Waals surface area contributed by atoms with Crippen LogP contribution in [0, 0.1) is 0 Å². The van der Waals surface area contributed by atoms with Gasteiger partial charge in [0.1, 0.15) is 12.4 Å². The van der Waals surface area contributed by atoms with Crippen molar-refractivity contribution in [3.63, 3.8) is 0 Å². The maximum Gasteiger partial charge on any atom is 0.306 e. The molecule has 0 aromatic heterocycles. The van der Waals surface area contributed by atoms with Gasteiger partial charge in [-0.15, -0.1) is 0 Å². The van der Waals surface area contributed by atoms with Crippen molar-refractivity contribution in [3.05, 3.63) is 65.2 Å². The molecule has 0 radical (unpaired) electrons. The molecule has 0 saturated heterocycles. The molecule has 2 aromatic carbocycles. The minimum Gasteiger partial charge on any atom is -0.489 e. The van der Waals surface area contributed by atoms with Crippen molar-refractivity contribution in [2.75, 3.05) is 6.61 Å². The molecule has 3 heteroatoms. The molecule has 0 N–H and O–H groups in total. The Morgan fingerprint density at radius 3 is 2.70 bits per heavy atom. The predicted octanol–water partition coefficient (Wildman–Crippen LogP) is 4.03. The number of benzene rings is 2. The third-order valence-electron chi connectivity index (χ3n) is 4.40. The lowest BCUT2D eigenvalue weighted by molar-refractivity contribution is -0.144. The maximum absolute atomic E-state index is 11.8. The van der Waals surface area contributed by atoms with Crippen molar-refractivity contribution in [3.8, 4) is 5.75 Å². The molecule has 1 unspecified atom stereocenters. The number of rotatable bonds is 6. The van der Waals surface area contributed by atoms with Crippen molar-refractivity contribution >= 4 is 5.97 Å². The lowest BCUT2D eigenvalue weighted by atomic mass is 9.63. The number of esters is 1. The Morgan fingerprint density at radius 2 is 1.96 bits per heavy atom. The molecule has 0 heterocycles. The standard InChI is InChI=1S/C20H22O3/c1-3-22-19(21)13-20(2)12-16-9-10-17(11-18(16)20)23-14-15-7-5-4-6-8-15/h4-11H,3,12-14H2,1-2H3. The summed E-state index contributed by atoms with van der Waals surface area (Å²) in [5.41, 5.74) is 3.51. The Hall–Kier alpha value is -2.29.